The van der Waals surface area contributed by atoms with E-state index in [2.05, 4.69) is 12.2 Å². The number of likely N-dealkylation sites (tertiary alicyclic amines) is 1. The van der Waals surface area contributed by atoms with Gasteiger partial charge < -0.3 is 15.0 Å². The van der Waals surface area contributed by atoms with Crippen molar-refractivity contribution in [1.82, 2.24) is 10.2 Å². The van der Waals surface area contributed by atoms with Gasteiger partial charge in [-0.3, -0.25) is 9.59 Å². The van der Waals surface area contributed by atoms with Gasteiger partial charge in [0.15, 0.2) is 6.61 Å². The molecule has 0 bridgehead atoms. The number of carbonyl (C=O) groups excluding carboxylic acids is 2. The van der Waals surface area contributed by atoms with Gasteiger partial charge in [-0.1, -0.05) is 31.2 Å². The zero-order valence-corrected chi connectivity index (χ0v) is 15.7. The number of hydrogen-bond acceptors (Lipinski definition) is 3. The highest BCUT2D eigenvalue weighted by atomic mass is 16.5. The number of benzene rings is 2. The summed E-state index contributed by atoms with van der Waals surface area (Å²) in [4.78, 5) is 26.2. The lowest BCUT2D eigenvalue weighted by Crippen LogP contribution is -2.29. The molecule has 0 radical (unpaired) electrons. The molecule has 2 aromatic carbocycles. The minimum atomic E-state index is -0.172. The van der Waals surface area contributed by atoms with E-state index in [0.717, 1.165) is 37.9 Å². The van der Waals surface area contributed by atoms with Crippen LogP contribution < -0.4 is 10.1 Å². The summed E-state index contributed by atoms with van der Waals surface area (Å²) in [7, 11) is 0. The van der Waals surface area contributed by atoms with Crippen LogP contribution in [0.4, 0.5) is 0 Å². The number of hydrogen-bond donors (Lipinski definition) is 1. The maximum absolute atomic E-state index is 12.3. The summed E-state index contributed by atoms with van der Waals surface area (Å²) in [6.45, 7) is 4.17. The molecule has 5 heteroatoms. The van der Waals surface area contributed by atoms with E-state index in [1.54, 1.807) is 0 Å². The minimum absolute atomic E-state index is 0.0152. The molecule has 0 saturated carbocycles. The van der Waals surface area contributed by atoms with Crippen molar-refractivity contribution in [3.8, 4) is 5.75 Å². The number of ether oxygens (including phenoxy) is 1. The maximum atomic E-state index is 12.3. The number of carbonyl (C=O) groups is 2. The van der Waals surface area contributed by atoms with E-state index in [-0.39, 0.29) is 18.4 Å². The molecule has 2 amide bonds. The molecule has 1 saturated heterocycles. The van der Waals surface area contributed by atoms with Gasteiger partial charge in [0.25, 0.3) is 11.8 Å². The lowest BCUT2D eigenvalue weighted by molar-refractivity contribution is -0.123. The third-order valence-corrected chi connectivity index (χ3v) is 4.76. The SMILES string of the molecule is CCc1cccc(OCC(=O)NCc2ccc(C(=O)N3CCCC3)cc2)c1. The van der Waals surface area contributed by atoms with Gasteiger partial charge in [-0.25, -0.2) is 0 Å². The Morgan fingerprint density at radius 2 is 1.78 bits per heavy atom. The minimum Gasteiger partial charge on any atom is -0.484 e. The highest BCUT2D eigenvalue weighted by Crippen LogP contribution is 2.14. The molecule has 2 aromatic rings. The fourth-order valence-electron chi connectivity index (χ4n) is 3.12. The lowest BCUT2D eigenvalue weighted by atomic mass is 10.1. The van der Waals surface area contributed by atoms with Crippen molar-refractivity contribution in [3.05, 3.63) is 65.2 Å². The molecule has 142 valence electrons. The molecular weight excluding hydrogens is 340 g/mol. The normalized spacial score (nSPS) is 13.4. The molecule has 1 heterocycles. The van der Waals surface area contributed by atoms with Crippen LogP contribution in [0, 0.1) is 0 Å². The molecule has 0 atom stereocenters. The standard InChI is InChI=1S/C22H26N2O3/c1-2-17-6-5-7-20(14-17)27-16-21(25)23-15-18-8-10-19(11-9-18)22(26)24-12-3-4-13-24/h5-11,14H,2-4,12-13,15-16H2,1H3,(H,23,25). The fraction of sp³-hybridized carbons (Fsp3) is 0.364. The molecule has 1 aliphatic rings. The van der Waals surface area contributed by atoms with Crippen LogP contribution in [0.3, 0.4) is 0 Å². The van der Waals surface area contributed by atoms with Crippen LogP contribution in [0.1, 0.15) is 41.3 Å². The van der Waals surface area contributed by atoms with Crippen molar-refractivity contribution in [2.75, 3.05) is 19.7 Å². The highest BCUT2D eigenvalue weighted by Gasteiger charge is 2.19. The van der Waals surface area contributed by atoms with Crippen LogP contribution >= 0.6 is 0 Å². The fourth-order valence-corrected chi connectivity index (χ4v) is 3.12. The van der Waals surface area contributed by atoms with E-state index in [0.29, 0.717) is 17.9 Å². The Balaban J connectivity index is 1.45. The molecule has 1 N–H and O–H groups in total. The van der Waals surface area contributed by atoms with Crippen molar-refractivity contribution in [3.63, 3.8) is 0 Å². The van der Waals surface area contributed by atoms with Crippen LogP contribution in [0.5, 0.6) is 5.75 Å². The summed E-state index contributed by atoms with van der Waals surface area (Å²) in [5.74, 6) is 0.620. The van der Waals surface area contributed by atoms with Crippen LogP contribution in [-0.4, -0.2) is 36.4 Å². The third-order valence-electron chi connectivity index (χ3n) is 4.76. The van der Waals surface area contributed by atoms with Gasteiger partial charge in [0.1, 0.15) is 5.75 Å². The first-order chi connectivity index (χ1) is 13.2. The summed E-state index contributed by atoms with van der Waals surface area (Å²) < 4.78 is 5.54. The average Bonchev–Trinajstić information content (AvgIpc) is 3.25. The first kappa shape index (κ1) is 19.0. The Morgan fingerprint density at radius 1 is 1.04 bits per heavy atom. The highest BCUT2D eigenvalue weighted by molar-refractivity contribution is 5.94. The Labute approximate surface area is 160 Å². The van der Waals surface area contributed by atoms with E-state index in [1.165, 1.54) is 5.56 Å². The van der Waals surface area contributed by atoms with Gasteiger partial charge in [0, 0.05) is 25.2 Å². The van der Waals surface area contributed by atoms with E-state index in [1.807, 2.05) is 53.4 Å². The number of nitrogens with one attached hydrogen (secondary N) is 1. The van der Waals surface area contributed by atoms with E-state index in [4.69, 9.17) is 4.74 Å². The monoisotopic (exact) mass is 366 g/mol. The number of amides is 2. The first-order valence-electron chi connectivity index (χ1n) is 9.52. The van der Waals surface area contributed by atoms with Gasteiger partial charge >= 0.3 is 0 Å². The van der Waals surface area contributed by atoms with Crippen molar-refractivity contribution in [2.45, 2.75) is 32.7 Å². The predicted molar refractivity (Wildman–Crippen MR) is 105 cm³/mol. The molecule has 3 rings (SSSR count). The number of nitrogens with zero attached hydrogens (tertiary/aromatic N) is 1. The quantitative estimate of drug-likeness (QED) is 0.819. The van der Waals surface area contributed by atoms with Crippen LogP contribution in [0.25, 0.3) is 0 Å². The Kier molecular flexibility index (Phi) is 6.47. The Hall–Kier alpha value is -2.82. The van der Waals surface area contributed by atoms with Gasteiger partial charge in [-0.15, -0.1) is 0 Å². The molecule has 0 spiro atoms. The number of aryl methyl sites for hydroxylation is 1. The largest absolute Gasteiger partial charge is 0.484 e. The van der Waals surface area contributed by atoms with Crippen LogP contribution in [0.15, 0.2) is 48.5 Å². The summed E-state index contributed by atoms with van der Waals surface area (Å²) in [6, 6.07) is 15.2. The van der Waals surface area contributed by atoms with Crippen LogP contribution in [0.2, 0.25) is 0 Å². The Morgan fingerprint density at radius 3 is 2.48 bits per heavy atom. The molecule has 0 aromatic heterocycles. The van der Waals surface area contributed by atoms with Crippen molar-refractivity contribution >= 4 is 11.8 Å². The van der Waals surface area contributed by atoms with Crippen molar-refractivity contribution in [2.24, 2.45) is 0 Å². The van der Waals surface area contributed by atoms with Gasteiger partial charge in [-0.05, 0) is 54.7 Å². The first-order valence-corrected chi connectivity index (χ1v) is 9.52. The second-order valence-corrected chi connectivity index (χ2v) is 6.76. The summed E-state index contributed by atoms with van der Waals surface area (Å²) >= 11 is 0. The van der Waals surface area contributed by atoms with Crippen molar-refractivity contribution in [1.29, 1.82) is 0 Å². The average molecular weight is 366 g/mol. The molecule has 0 unspecified atom stereocenters. The number of rotatable bonds is 7. The molecule has 1 aliphatic heterocycles. The second-order valence-electron chi connectivity index (χ2n) is 6.76. The zero-order chi connectivity index (χ0) is 19.1. The summed E-state index contributed by atoms with van der Waals surface area (Å²) in [5, 5.41) is 2.84. The smallest absolute Gasteiger partial charge is 0.258 e. The second kappa shape index (κ2) is 9.21. The predicted octanol–water partition coefficient (Wildman–Crippen LogP) is 3.18. The van der Waals surface area contributed by atoms with Crippen molar-refractivity contribution < 1.29 is 14.3 Å². The van der Waals surface area contributed by atoms with Gasteiger partial charge in [0.2, 0.25) is 0 Å². The molecule has 27 heavy (non-hydrogen) atoms. The van der Waals surface area contributed by atoms with Gasteiger partial charge in [0.05, 0.1) is 0 Å². The molecule has 0 aliphatic carbocycles. The van der Waals surface area contributed by atoms with E-state index in [9.17, 15) is 9.59 Å². The van der Waals surface area contributed by atoms with E-state index < -0.39 is 0 Å². The van der Waals surface area contributed by atoms with Gasteiger partial charge in [-0.2, -0.15) is 0 Å². The summed E-state index contributed by atoms with van der Waals surface area (Å²) in [5.41, 5.74) is 2.83. The molecular formula is C22H26N2O3. The van der Waals surface area contributed by atoms with Crippen LogP contribution in [-0.2, 0) is 17.8 Å². The lowest BCUT2D eigenvalue weighted by Gasteiger charge is -2.15. The summed E-state index contributed by atoms with van der Waals surface area (Å²) in [6.07, 6.45) is 3.10. The topological polar surface area (TPSA) is 58.6 Å². The molecule has 5 nitrogen and oxygen atoms in total. The zero-order valence-electron chi connectivity index (χ0n) is 15.7. The maximum Gasteiger partial charge on any atom is 0.258 e. The Bertz CT molecular complexity index is 780. The molecule has 1 fully saturated rings. The third kappa shape index (κ3) is 5.33. The van der Waals surface area contributed by atoms with E-state index >= 15 is 0 Å².